The molecule has 0 aromatic heterocycles. The fourth-order valence-corrected chi connectivity index (χ4v) is 4.05. The third-order valence-electron chi connectivity index (χ3n) is 4.75. The third-order valence-corrected chi connectivity index (χ3v) is 5.62. The van der Waals surface area contributed by atoms with Gasteiger partial charge < -0.3 is 9.47 Å². The second-order valence-corrected chi connectivity index (χ2v) is 8.02. The van der Waals surface area contributed by atoms with Crippen LogP contribution in [0.3, 0.4) is 0 Å². The lowest BCUT2D eigenvalue weighted by molar-refractivity contribution is -0.113. The predicted molar refractivity (Wildman–Crippen MR) is 124 cm³/mol. The molecule has 0 unspecified atom stereocenters. The molecule has 0 aliphatic carbocycles. The Morgan fingerprint density at radius 2 is 1.72 bits per heavy atom. The number of hydrogen-bond acceptors (Lipinski definition) is 6. The van der Waals surface area contributed by atoms with E-state index in [1.807, 2.05) is 19.1 Å². The zero-order valence-electron chi connectivity index (χ0n) is 17.4. The van der Waals surface area contributed by atoms with E-state index in [4.69, 9.17) is 9.47 Å². The van der Waals surface area contributed by atoms with Crippen LogP contribution in [0.15, 0.2) is 77.7 Å². The Bertz CT molecular complexity index is 1240. The molecule has 6 nitrogen and oxygen atoms in total. The van der Waals surface area contributed by atoms with E-state index in [9.17, 15) is 14.4 Å². The van der Waals surface area contributed by atoms with Gasteiger partial charge in [-0.3, -0.25) is 9.59 Å². The number of anilines is 1. The Hall–Kier alpha value is -3.84. The van der Waals surface area contributed by atoms with E-state index in [1.165, 1.54) is 7.11 Å². The topological polar surface area (TPSA) is 72.9 Å². The molecule has 160 valence electrons. The van der Waals surface area contributed by atoms with Crippen LogP contribution < -0.4 is 14.4 Å². The number of methoxy groups -OCH3 is 1. The molecule has 1 fully saturated rings. The van der Waals surface area contributed by atoms with Crippen molar-refractivity contribution >= 4 is 40.6 Å². The minimum atomic E-state index is -0.497. The van der Waals surface area contributed by atoms with Gasteiger partial charge in [-0.05, 0) is 66.7 Å². The maximum absolute atomic E-state index is 12.8. The van der Waals surface area contributed by atoms with Gasteiger partial charge in [0, 0.05) is 0 Å². The number of thioether (sulfide) groups is 1. The van der Waals surface area contributed by atoms with Crippen LogP contribution in [0.25, 0.3) is 6.08 Å². The van der Waals surface area contributed by atoms with Gasteiger partial charge in [0.1, 0.15) is 0 Å². The van der Waals surface area contributed by atoms with Crippen LogP contribution in [-0.2, 0) is 4.79 Å². The van der Waals surface area contributed by atoms with Crippen LogP contribution in [0.2, 0.25) is 0 Å². The molecule has 32 heavy (non-hydrogen) atoms. The van der Waals surface area contributed by atoms with Crippen LogP contribution in [0.4, 0.5) is 10.5 Å². The number of benzene rings is 3. The Balaban J connectivity index is 1.56. The zero-order valence-corrected chi connectivity index (χ0v) is 18.2. The van der Waals surface area contributed by atoms with Crippen LogP contribution in [0.5, 0.6) is 11.5 Å². The summed E-state index contributed by atoms with van der Waals surface area (Å²) < 4.78 is 10.9. The lowest BCUT2D eigenvalue weighted by Gasteiger charge is -2.12. The average Bonchev–Trinajstić information content (AvgIpc) is 3.07. The van der Waals surface area contributed by atoms with Crippen molar-refractivity contribution < 1.29 is 23.9 Å². The minimum absolute atomic E-state index is 0.258. The third kappa shape index (κ3) is 4.43. The first-order valence-corrected chi connectivity index (χ1v) is 10.6. The normalized spacial score (nSPS) is 14.7. The largest absolute Gasteiger partial charge is 0.493 e. The lowest BCUT2D eigenvalue weighted by Crippen LogP contribution is -2.27. The molecule has 3 aromatic rings. The SMILES string of the molecule is COc1cc(C=C2SC(=O)N(c3ccccc3)C2=O)ccc1OC(=O)c1cccc(C)c1. The number of ether oxygens (including phenoxy) is 2. The number of nitrogens with zero attached hydrogens (tertiary/aromatic N) is 1. The van der Waals surface area contributed by atoms with Crippen molar-refractivity contribution in [3.63, 3.8) is 0 Å². The van der Waals surface area contributed by atoms with Gasteiger partial charge in [0.2, 0.25) is 0 Å². The Kier molecular flexibility index (Phi) is 6.09. The minimum Gasteiger partial charge on any atom is -0.493 e. The fourth-order valence-electron chi connectivity index (χ4n) is 3.21. The van der Waals surface area contributed by atoms with Gasteiger partial charge in [-0.15, -0.1) is 0 Å². The summed E-state index contributed by atoms with van der Waals surface area (Å²) >= 11 is 0.871. The summed E-state index contributed by atoms with van der Waals surface area (Å²) in [6, 6.07) is 20.8. The van der Waals surface area contributed by atoms with Crippen LogP contribution in [-0.4, -0.2) is 24.2 Å². The van der Waals surface area contributed by atoms with Gasteiger partial charge in [0.05, 0.1) is 23.3 Å². The average molecular weight is 445 g/mol. The van der Waals surface area contributed by atoms with Gasteiger partial charge in [0.25, 0.3) is 11.1 Å². The highest BCUT2D eigenvalue weighted by Gasteiger charge is 2.36. The number of carbonyl (C=O) groups is 3. The first kappa shape index (κ1) is 21.4. The van der Waals surface area contributed by atoms with Crippen LogP contribution in [0.1, 0.15) is 21.5 Å². The molecule has 0 N–H and O–H groups in total. The smallest absolute Gasteiger partial charge is 0.343 e. The number of esters is 1. The number of imide groups is 1. The highest BCUT2D eigenvalue weighted by atomic mass is 32.2. The molecular weight excluding hydrogens is 426 g/mol. The first-order chi connectivity index (χ1) is 15.5. The van der Waals surface area contributed by atoms with E-state index in [-0.39, 0.29) is 16.9 Å². The quantitative estimate of drug-likeness (QED) is 0.295. The monoisotopic (exact) mass is 445 g/mol. The van der Waals surface area contributed by atoms with Crippen molar-refractivity contribution in [3.8, 4) is 11.5 Å². The van der Waals surface area contributed by atoms with Gasteiger partial charge in [-0.1, -0.05) is 42.0 Å². The molecule has 7 heteroatoms. The van der Waals surface area contributed by atoms with Crippen molar-refractivity contribution in [1.29, 1.82) is 0 Å². The zero-order chi connectivity index (χ0) is 22.7. The molecule has 2 amide bonds. The Morgan fingerprint density at radius 3 is 2.44 bits per heavy atom. The highest BCUT2D eigenvalue weighted by Crippen LogP contribution is 2.37. The summed E-state index contributed by atoms with van der Waals surface area (Å²) in [5, 5.41) is -0.358. The molecule has 1 aliphatic rings. The summed E-state index contributed by atoms with van der Waals surface area (Å²) in [7, 11) is 1.46. The molecule has 0 radical (unpaired) electrons. The maximum atomic E-state index is 12.8. The maximum Gasteiger partial charge on any atom is 0.343 e. The van der Waals surface area contributed by atoms with Crippen molar-refractivity contribution in [2.24, 2.45) is 0 Å². The molecule has 3 aromatic carbocycles. The summed E-state index contributed by atoms with van der Waals surface area (Å²) in [4.78, 5) is 39.1. The summed E-state index contributed by atoms with van der Waals surface area (Å²) in [5.74, 6) is -0.292. The summed E-state index contributed by atoms with van der Waals surface area (Å²) in [5.41, 5.74) is 2.54. The second kappa shape index (κ2) is 9.11. The van der Waals surface area contributed by atoms with E-state index < -0.39 is 5.97 Å². The molecule has 0 spiro atoms. The molecule has 0 saturated carbocycles. The molecule has 0 bridgehead atoms. The van der Waals surface area contributed by atoms with E-state index in [0.29, 0.717) is 27.5 Å². The molecule has 1 aliphatic heterocycles. The van der Waals surface area contributed by atoms with E-state index in [0.717, 1.165) is 22.2 Å². The number of aryl methyl sites for hydroxylation is 1. The summed E-state index contributed by atoms with van der Waals surface area (Å²) in [6.07, 6.45) is 1.61. The first-order valence-electron chi connectivity index (χ1n) is 9.76. The highest BCUT2D eigenvalue weighted by molar-refractivity contribution is 8.19. The van der Waals surface area contributed by atoms with Gasteiger partial charge in [-0.2, -0.15) is 0 Å². The molecule has 0 atom stereocenters. The van der Waals surface area contributed by atoms with Crippen LogP contribution >= 0.6 is 11.8 Å². The van der Waals surface area contributed by atoms with Crippen molar-refractivity contribution in [2.75, 3.05) is 12.0 Å². The lowest BCUT2D eigenvalue weighted by atomic mass is 10.1. The van der Waals surface area contributed by atoms with E-state index in [1.54, 1.807) is 66.7 Å². The molecule has 1 saturated heterocycles. The standard InChI is InChI=1S/C25H19NO5S/c1-16-7-6-8-18(13-16)24(28)31-20-12-11-17(14-21(20)30-2)15-22-23(27)26(25(29)32-22)19-9-4-3-5-10-19/h3-15H,1-2H3. The van der Waals surface area contributed by atoms with Crippen molar-refractivity contribution in [3.05, 3.63) is 94.4 Å². The predicted octanol–water partition coefficient (Wildman–Crippen LogP) is 5.46. The van der Waals surface area contributed by atoms with Gasteiger partial charge in [-0.25, -0.2) is 9.69 Å². The molecule has 4 rings (SSSR count). The molecule has 1 heterocycles. The van der Waals surface area contributed by atoms with E-state index >= 15 is 0 Å². The fraction of sp³-hybridized carbons (Fsp3) is 0.0800. The number of hydrogen-bond donors (Lipinski definition) is 0. The Labute approximate surface area is 189 Å². The van der Waals surface area contributed by atoms with Crippen LogP contribution in [0, 0.1) is 6.92 Å². The number of rotatable bonds is 5. The second-order valence-electron chi connectivity index (χ2n) is 7.02. The van der Waals surface area contributed by atoms with Gasteiger partial charge in [0.15, 0.2) is 11.5 Å². The summed E-state index contributed by atoms with van der Waals surface area (Å²) in [6.45, 7) is 1.89. The number of amides is 2. The van der Waals surface area contributed by atoms with Crippen molar-refractivity contribution in [1.82, 2.24) is 0 Å². The molecular formula is C25H19NO5S. The number of para-hydroxylation sites is 1. The Morgan fingerprint density at radius 1 is 0.938 bits per heavy atom. The van der Waals surface area contributed by atoms with Crippen molar-refractivity contribution in [2.45, 2.75) is 6.92 Å². The van der Waals surface area contributed by atoms with Gasteiger partial charge >= 0.3 is 5.97 Å². The number of carbonyl (C=O) groups excluding carboxylic acids is 3. The van der Waals surface area contributed by atoms with E-state index in [2.05, 4.69) is 0 Å².